The largest absolute Gasteiger partial charge is 0.480 e. The lowest BCUT2D eigenvalue weighted by Gasteiger charge is -2.24. The summed E-state index contributed by atoms with van der Waals surface area (Å²) >= 11 is 2.37. The number of thioether (sulfide) groups is 2. The standard InChI is InChI=1S/C21H21NO5S2/c23-18(13-28-21(27)14-7-3-1-4-8-14)19(24)22-12-16(11-17(22)20(25)26)29-15-9-5-2-6-10-15/h1-10,16-18,23H,11-13H2,(H,25,26)/t16-,17-,18-/m1/s1. The summed E-state index contributed by atoms with van der Waals surface area (Å²) in [6.07, 6.45) is -1.13. The predicted molar refractivity (Wildman–Crippen MR) is 113 cm³/mol. The number of aliphatic carboxylic acids is 1. The van der Waals surface area contributed by atoms with Gasteiger partial charge in [-0.3, -0.25) is 9.59 Å². The van der Waals surface area contributed by atoms with Gasteiger partial charge in [0.25, 0.3) is 5.91 Å². The summed E-state index contributed by atoms with van der Waals surface area (Å²) < 4.78 is 0. The lowest BCUT2D eigenvalue weighted by Crippen LogP contribution is -2.46. The van der Waals surface area contributed by atoms with Crippen molar-refractivity contribution in [2.75, 3.05) is 12.3 Å². The first-order chi connectivity index (χ1) is 14.0. The van der Waals surface area contributed by atoms with Crippen molar-refractivity contribution in [3.8, 4) is 0 Å². The van der Waals surface area contributed by atoms with E-state index in [1.165, 1.54) is 16.7 Å². The van der Waals surface area contributed by atoms with E-state index in [9.17, 15) is 24.6 Å². The zero-order valence-electron chi connectivity index (χ0n) is 15.5. The molecule has 2 aromatic carbocycles. The van der Waals surface area contributed by atoms with E-state index in [-0.39, 0.29) is 22.7 Å². The van der Waals surface area contributed by atoms with Gasteiger partial charge in [0.2, 0.25) is 5.12 Å². The second-order valence-electron chi connectivity index (χ2n) is 6.61. The van der Waals surface area contributed by atoms with Crippen LogP contribution < -0.4 is 0 Å². The van der Waals surface area contributed by atoms with Gasteiger partial charge >= 0.3 is 5.97 Å². The van der Waals surface area contributed by atoms with E-state index >= 15 is 0 Å². The van der Waals surface area contributed by atoms with Crippen molar-refractivity contribution in [3.05, 3.63) is 66.2 Å². The summed E-state index contributed by atoms with van der Waals surface area (Å²) in [6.45, 7) is 0.240. The molecule has 29 heavy (non-hydrogen) atoms. The van der Waals surface area contributed by atoms with Crippen LogP contribution in [0, 0.1) is 0 Å². The molecule has 8 heteroatoms. The molecule has 1 heterocycles. The first kappa shape index (κ1) is 21.4. The molecule has 3 atom stereocenters. The Morgan fingerprint density at radius 3 is 2.28 bits per heavy atom. The molecule has 2 aromatic rings. The molecule has 0 spiro atoms. The molecule has 0 aliphatic carbocycles. The number of benzene rings is 2. The molecule has 6 nitrogen and oxygen atoms in total. The van der Waals surface area contributed by atoms with Crippen molar-refractivity contribution in [1.82, 2.24) is 4.90 Å². The van der Waals surface area contributed by atoms with Crippen molar-refractivity contribution in [3.63, 3.8) is 0 Å². The smallest absolute Gasteiger partial charge is 0.326 e. The van der Waals surface area contributed by atoms with Crippen molar-refractivity contribution in [2.24, 2.45) is 0 Å². The SMILES string of the molecule is O=C(SC[C@@H](O)C(=O)N1C[C@H](Sc2ccccc2)C[C@@H]1C(=O)O)c1ccccc1. The van der Waals surface area contributed by atoms with E-state index in [1.807, 2.05) is 30.3 Å². The molecule has 0 radical (unpaired) electrons. The van der Waals surface area contributed by atoms with Gasteiger partial charge in [0, 0.05) is 28.0 Å². The maximum atomic E-state index is 12.7. The number of likely N-dealkylation sites (tertiary alicyclic amines) is 1. The molecule has 1 aliphatic heterocycles. The van der Waals surface area contributed by atoms with Gasteiger partial charge < -0.3 is 15.1 Å². The van der Waals surface area contributed by atoms with E-state index in [1.54, 1.807) is 30.3 Å². The number of carbonyl (C=O) groups excluding carboxylic acids is 2. The van der Waals surface area contributed by atoms with E-state index < -0.39 is 24.0 Å². The maximum absolute atomic E-state index is 12.7. The fourth-order valence-electron chi connectivity index (χ4n) is 3.13. The van der Waals surface area contributed by atoms with Crippen molar-refractivity contribution in [1.29, 1.82) is 0 Å². The number of carboxylic acid groups (broad SMARTS) is 1. The first-order valence-corrected chi connectivity index (χ1v) is 11.0. The summed E-state index contributed by atoms with van der Waals surface area (Å²) in [6, 6.07) is 17.2. The van der Waals surface area contributed by atoms with Gasteiger partial charge in [-0.15, -0.1) is 11.8 Å². The topological polar surface area (TPSA) is 94.9 Å². The highest BCUT2D eigenvalue weighted by Gasteiger charge is 2.41. The van der Waals surface area contributed by atoms with Crippen molar-refractivity contribution < 1.29 is 24.6 Å². The minimum atomic E-state index is -1.44. The van der Waals surface area contributed by atoms with Gasteiger partial charge in [0.05, 0.1) is 0 Å². The molecular formula is C21H21NO5S2. The summed E-state index contributed by atoms with van der Waals surface area (Å²) in [4.78, 5) is 38.7. The predicted octanol–water partition coefficient (Wildman–Crippen LogP) is 2.77. The lowest BCUT2D eigenvalue weighted by atomic mass is 10.2. The van der Waals surface area contributed by atoms with Crippen LogP contribution in [0.5, 0.6) is 0 Å². The third-order valence-electron chi connectivity index (χ3n) is 4.54. The molecule has 0 aromatic heterocycles. The Balaban J connectivity index is 1.59. The average Bonchev–Trinajstić information content (AvgIpc) is 3.16. The number of amides is 1. The molecule has 1 saturated heterocycles. The zero-order valence-corrected chi connectivity index (χ0v) is 17.1. The van der Waals surface area contributed by atoms with Crippen LogP contribution in [0.2, 0.25) is 0 Å². The Bertz CT molecular complexity index is 862. The Labute approximate surface area is 177 Å². The van der Waals surface area contributed by atoms with Crippen LogP contribution in [0.3, 0.4) is 0 Å². The van der Waals surface area contributed by atoms with Gasteiger partial charge in [-0.2, -0.15) is 0 Å². The number of nitrogens with zero attached hydrogens (tertiary/aromatic N) is 1. The van der Waals surface area contributed by atoms with Gasteiger partial charge in [0.1, 0.15) is 12.1 Å². The fraction of sp³-hybridized carbons (Fsp3) is 0.286. The van der Waals surface area contributed by atoms with E-state index in [0.29, 0.717) is 12.0 Å². The van der Waals surface area contributed by atoms with Gasteiger partial charge in [-0.25, -0.2) is 4.79 Å². The third-order valence-corrected chi connectivity index (χ3v) is 6.74. The molecule has 1 amide bonds. The van der Waals surface area contributed by atoms with E-state index in [4.69, 9.17) is 0 Å². The quantitative estimate of drug-likeness (QED) is 0.696. The summed E-state index contributed by atoms with van der Waals surface area (Å²) in [5, 5.41) is 19.5. The van der Waals surface area contributed by atoms with Crippen molar-refractivity contribution >= 4 is 40.5 Å². The maximum Gasteiger partial charge on any atom is 0.326 e. The van der Waals surface area contributed by atoms with Crippen LogP contribution in [0.4, 0.5) is 0 Å². The number of aliphatic hydroxyl groups excluding tert-OH is 1. The highest BCUT2D eigenvalue weighted by molar-refractivity contribution is 8.14. The molecule has 2 N–H and O–H groups in total. The monoisotopic (exact) mass is 431 g/mol. The zero-order chi connectivity index (χ0) is 20.8. The van der Waals surface area contributed by atoms with Crippen LogP contribution in [0.15, 0.2) is 65.6 Å². The Morgan fingerprint density at radius 1 is 1.03 bits per heavy atom. The number of carbonyl (C=O) groups is 3. The summed E-state index contributed by atoms with van der Waals surface area (Å²) in [5.74, 6) is -1.86. The van der Waals surface area contributed by atoms with Gasteiger partial charge in [0.15, 0.2) is 0 Å². The summed E-state index contributed by atoms with van der Waals surface area (Å²) in [5.41, 5.74) is 0.487. The molecular weight excluding hydrogens is 410 g/mol. The molecule has 0 bridgehead atoms. The lowest BCUT2D eigenvalue weighted by molar-refractivity contribution is -0.151. The van der Waals surface area contributed by atoms with Crippen molar-refractivity contribution in [2.45, 2.75) is 28.7 Å². The Morgan fingerprint density at radius 2 is 1.66 bits per heavy atom. The highest BCUT2D eigenvalue weighted by Crippen LogP contribution is 2.33. The van der Waals surface area contributed by atoms with E-state index in [2.05, 4.69) is 0 Å². The summed E-state index contributed by atoms with van der Waals surface area (Å²) in [7, 11) is 0. The fourth-order valence-corrected chi connectivity index (χ4v) is 5.09. The van der Waals surface area contributed by atoms with Crippen LogP contribution in [0.1, 0.15) is 16.8 Å². The molecule has 1 fully saturated rings. The molecule has 3 rings (SSSR count). The number of rotatable bonds is 7. The van der Waals surface area contributed by atoms with Crippen LogP contribution in [-0.4, -0.2) is 61.8 Å². The number of hydrogen-bond donors (Lipinski definition) is 2. The van der Waals surface area contributed by atoms with Gasteiger partial charge in [-0.05, 0) is 18.6 Å². The minimum absolute atomic E-state index is 0.0757. The second-order valence-corrected chi connectivity index (χ2v) is 8.98. The average molecular weight is 432 g/mol. The minimum Gasteiger partial charge on any atom is -0.480 e. The number of carboxylic acids is 1. The molecule has 0 saturated carbocycles. The second kappa shape index (κ2) is 9.96. The van der Waals surface area contributed by atoms with E-state index in [0.717, 1.165) is 16.7 Å². The van der Waals surface area contributed by atoms with Crippen LogP contribution >= 0.6 is 23.5 Å². The van der Waals surface area contributed by atoms with Crippen LogP contribution in [0.25, 0.3) is 0 Å². The Hall–Kier alpha value is -2.29. The normalized spacial score (nSPS) is 19.7. The molecule has 152 valence electrons. The molecule has 1 aliphatic rings. The highest BCUT2D eigenvalue weighted by atomic mass is 32.2. The van der Waals surface area contributed by atoms with Gasteiger partial charge in [-0.1, -0.05) is 60.3 Å². The van der Waals surface area contributed by atoms with Crippen LogP contribution in [-0.2, 0) is 9.59 Å². The number of aliphatic hydroxyl groups is 1. The first-order valence-electron chi connectivity index (χ1n) is 9.11. The Kier molecular flexibility index (Phi) is 7.35. The third kappa shape index (κ3) is 5.62. The number of hydrogen-bond acceptors (Lipinski definition) is 6. The molecule has 0 unspecified atom stereocenters.